The van der Waals surface area contributed by atoms with Crippen LogP contribution in [0.1, 0.15) is 38.5 Å². The Bertz CT molecular complexity index is 393. The summed E-state index contributed by atoms with van der Waals surface area (Å²) in [6.45, 7) is 0.770. The van der Waals surface area contributed by atoms with Gasteiger partial charge in [-0.1, -0.05) is 12.8 Å². The molecule has 0 aromatic heterocycles. The molecule has 0 radical (unpaired) electrons. The van der Waals surface area contributed by atoms with Crippen molar-refractivity contribution in [2.24, 2.45) is 17.8 Å². The zero-order valence-corrected chi connectivity index (χ0v) is 11.6. The molecular formula is C14H22N2O4. The van der Waals surface area contributed by atoms with Gasteiger partial charge in [0.05, 0.1) is 11.8 Å². The predicted octanol–water partition coefficient (Wildman–Crippen LogP) is 0.520. The van der Waals surface area contributed by atoms with Crippen LogP contribution in [0.25, 0.3) is 0 Å². The van der Waals surface area contributed by atoms with Gasteiger partial charge in [0.1, 0.15) is 0 Å². The van der Waals surface area contributed by atoms with Crippen LogP contribution in [-0.2, 0) is 14.4 Å². The number of hydrogen-bond acceptors (Lipinski definition) is 3. The Balaban J connectivity index is 1.69. The molecule has 2 aliphatic carbocycles. The smallest absolute Gasteiger partial charge is 0.307 e. The van der Waals surface area contributed by atoms with Gasteiger partial charge in [0.2, 0.25) is 11.8 Å². The van der Waals surface area contributed by atoms with Crippen molar-refractivity contribution in [2.75, 3.05) is 13.1 Å². The normalized spacial score (nSPS) is 25.8. The second-order valence-corrected chi connectivity index (χ2v) is 5.69. The van der Waals surface area contributed by atoms with Crippen molar-refractivity contribution in [2.45, 2.75) is 38.5 Å². The number of aliphatic carboxylic acids is 1. The maximum Gasteiger partial charge on any atom is 0.307 e. The second kappa shape index (κ2) is 6.72. The molecule has 2 rings (SSSR count). The van der Waals surface area contributed by atoms with Gasteiger partial charge in [-0.2, -0.15) is 0 Å². The van der Waals surface area contributed by atoms with Crippen LogP contribution in [0.4, 0.5) is 0 Å². The van der Waals surface area contributed by atoms with Crippen molar-refractivity contribution in [3.8, 4) is 0 Å². The maximum absolute atomic E-state index is 12.0. The molecule has 2 aliphatic rings. The van der Waals surface area contributed by atoms with Crippen molar-refractivity contribution >= 4 is 17.8 Å². The summed E-state index contributed by atoms with van der Waals surface area (Å²) in [5, 5.41) is 14.6. The fraction of sp³-hybridized carbons (Fsp3) is 0.786. The quantitative estimate of drug-likeness (QED) is 0.619. The highest BCUT2D eigenvalue weighted by molar-refractivity contribution is 5.85. The zero-order valence-electron chi connectivity index (χ0n) is 11.6. The standard InChI is InChI=1S/C14H22N2O4/c17-12(9-5-6-9)15-7-8-16-13(18)10-3-1-2-4-11(10)14(19)20/h9-11H,1-8H2,(H,15,17)(H,16,18)(H,19,20). The zero-order chi connectivity index (χ0) is 14.5. The Kier molecular flexibility index (Phi) is 4.98. The minimum atomic E-state index is -0.883. The van der Waals surface area contributed by atoms with Crippen LogP contribution in [-0.4, -0.2) is 36.0 Å². The number of carboxylic acid groups (broad SMARTS) is 1. The monoisotopic (exact) mass is 282 g/mol. The second-order valence-electron chi connectivity index (χ2n) is 5.69. The lowest BCUT2D eigenvalue weighted by Crippen LogP contribution is -2.42. The van der Waals surface area contributed by atoms with Gasteiger partial charge in [0.25, 0.3) is 0 Å². The van der Waals surface area contributed by atoms with E-state index in [1.165, 1.54) is 0 Å². The molecule has 2 saturated carbocycles. The minimum Gasteiger partial charge on any atom is -0.481 e. The first-order chi connectivity index (χ1) is 9.59. The van der Waals surface area contributed by atoms with Gasteiger partial charge in [-0.15, -0.1) is 0 Å². The van der Waals surface area contributed by atoms with E-state index in [-0.39, 0.29) is 17.7 Å². The summed E-state index contributed by atoms with van der Waals surface area (Å²) in [6.07, 6.45) is 4.91. The number of carbonyl (C=O) groups is 3. The highest BCUT2D eigenvalue weighted by Gasteiger charge is 2.35. The average molecular weight is 282 g/mol. The number of hydrogen-bond donors (Lipinski definition) is 3. The first kappa shape index (κ1) is 14.8. The van der Waals surface area contributed by atoms with E-state index in [9.17, 15) is 14.4 Å². The Morgan fingerprint density at radius 2 is 1.40 bits per heavy atom. The molecule has 0 aliphatic heterocycles. The minimum absolute atomic E-state index is 0.0559. The van der Waals surface area contributed by atoms with Crippen LogP contribution in [0.3, 0.4) is 0 Å². The largest absolute Gasteiger partial charge is 0.481 e. The maximum atomic E-state index is 12.0. The lowest BCUT2D eigenvalue weighted by atomic mass is 9.79. The molecule has 6 nitrogen and oxygen atoms in total. The van der Waals surface area contributed by atoms with E-state index >= 15 is 0 Å². The third kappa shape index (κ3) is 3.95. The van der Waals surface area contributed by atoms with Crippen molar-refractivity contribution in [3.05, 3.63) is 0 Å². The number of nitrogens with one attached hydrogen (secondary N) is 2. The summed E-state index contributed by atoms with van der Waals surface area (Å²) in [5.74, 6) is -1.85. The van der Waals surface area contributed by atoms with E-state index < -0.39 is 17.8 Å². The molecule has 3 N–H and O–H groups in total. The van der Waals surface area contributed by atoms with E-state index in [4.69, 9.17) is 5.11 Å². The number of amides is 2. The van der Waals surface area contributed by atoms with Gasteiger partial charge in [-0.25, -0.2) is 0 Å². The Morgan fingerprint density at radius 3 is 1.95 bits per heavy atom. The average Bonchev–Trinajstić information content (AvgIpc) is 3.27. The fourth-order valence-corrected chi connectivity index (χ4v) is 2.73. The first-order valence-corrected chi connectivity index (χ1v) is 7.38. The lowest BCUT2D eigenvalue weighted by molar-refractivity contribution is -0.148. The molecule has 2 amide bonds. The summed E-state index contributed by atoms with van der Waals surface area (Å²) >= 11 is 0. The Morgan fingerprint density at radius 1 is 0.850 bits per heavy atom. The Hall–Kier alpha value is -1.59. The van der Waals surface area contributed by atoms with Crippen LogP contribution >= 0.6 is 0 Å². The van der Waals surface area contributed by atoms with Crippen molar-refractivity contribution < 1.29 is 19.5 Å². The van der Waals surface area contributed by atoms with E-state index in [1.807, 2.05) is 0 Å². The molecule has 2 fully saturated rings. The topological polar surface area (TPSA) is 95.5 Å². The van der Waals surface area contributed by atoms with Gasteiger partial charge in [0.15, 0.2) is 0 Å². The summed E-state index contributed by atoms with van der Waals surface area (Å²) < 4.78 is 0. The third-order valence-electron chi connectivity index (χ3n) is 4.09. The number of rotatable bonds is 6. The molecule has 0 saturated heterocycles. The summed E-state index contributed by atoms with van der Waals surface area (Å²) in [5.41, 5.74) is 0. The SMILES string of the molecule is O=C(NCCNC(=O)C1CCCCC1C(=O)O)C1CC1. The predicted molar refractivity (Wildman–Crippen MR) is 71.8 cm³/mol. The van der Waals surface area contributed by atoms with Crippen molar-refractivity contribution in [3.63, 3.8) is 0 Å². The molecule has 0 heterocycles. The van der Waals surface area contributed by atoms with Crippen molar-refractivity contribution in [1.29, 1.82) is 0 Å². The molecule has 2 unspecified atom stereocenters. The van der Waals surface area contributed by atoms with Gasteiger partial charge < -0.3 is 15.7 Å². The molecular weight excluding hydrogens is 260 g/mol. The molecule has 0 bridgehead atoms. The first-order valence-electron chi connectivity index (χ1n) is 7.38. The molecule has 0 aromatic rings. The molecule has 0 spiro atoms. The number of carboxylic acids is 1. The number of carbonyl (C=O) groups excluding carboxylic acids is 2. The fourth-order valence-electron chi connectivity index (χ4n) is 2.73. The van der Waals surface area contributed by atoms with Crippen LogP contribution < -0.4 is 10.6 Å². The molecule has 20 heavy (non-hydrogen) atoms. The van der Waals surface area contributed by atoms with Crippen LogP contribution in [0, 0.1) is 17.8 Å². The van der Waals surface area contributed by atoms with Gasteiger partial charge in [0, 0.05) is 19.0 Å². The van der Waals surface area contributed by atoms with Crippen LogP contribution in [0.15, 0.2) is 0 Å². The molecule has 2 atom stereocenters. The third-order valence-corrected chi connectivity index (χ3v) is 4.09. The van der Waals surface area contributed by atoms with Crippen LogP contribution in [0.2, 0.25) is 0 Å². The van der Waals surface area contributed by atoms with E-state index in [0.717, 1.165) is 25.7 Å². The lowest BCUT2D eigenvalue weighted by Gasteiger charge is -2.27. The van der Waals surface area contributed by atoms with E-state index in [0.29, 0.717) is 25.9 Å². The van der Waals surface area contributed by atoms with Gasteiger partial charge in [-0.05, 0) is 25.7 Å². The molecule has 0 aromatic carbocycles. The van der Waals surface area contributed by atoms with E-state index in [1.54, 1.807) is 0 Å². The molecule has 6 heteroatoms. The summed E-state index contributed by atoms with van der Waals surface area (Å²) in [6, 6.07) is 0. The highest BCUT2D eigenvalue weighted by Crippen LogP contribution is 2.30. The summed E-state index contributed by atoms with van der Waals surface area (Å²) in [7, 11) is 0. The van der Waals surface area contributed by atoms with Gasteiger partial charge in [-0.3, -0.25) is 14.4 Å². The van der Waals surface area contributed by atoms with Crippen LogP contribution in [0.5, 0.6) is 0 Å². The molecule has 112 valence electrons. The van der Waals surface area contributed by atoms with Crippen molar-refractivity contribution in [1.82, 2.24) is 10.6 Å². The Labute approximate surface area is 118 Å². The van der Waals surface area contributed by atoms with Gasteiger partial charge >= 0.3 is 5.97 Å². The summed E-state index contributed by atoms with van der Waals surface area (Å²) in [4.78, 5) is 34.5. The highest BCUT2D eigenvalue weighted by atomic mass is 16.4. The van der Waals surface area contributed by atoms with E-state index in [2.05, 4.69) is 10.6 Å².